The van der Waals surface area contributed by atoms with Gasteiger partial charge in [-0.25, -0.2) is 0 Å². The predicted molar refractivity (Wildman–Crippen MR) is 105 cm³/mol. The third-order valence-corrected chi connectivity index (χ3v) is 4.33. The van der Waals surface area contributed by atoms with Gasteiger partial charge in [0.25, 0.3) is 0 Å². The van der Waals surface area contributed by atoms with Gasteiger partial charge in [-0.15, -0.1) is 0 Å². The van der Waals surface area contributed by atoms with Gasteiger partial charge in [-0.05, 0) is 47.1 Å². The van der Waals surface area contributed by atoms with E-state index in [1.807, 2.05) is 48.3 Å². The number of carbonyl (C=O) groups is 1. The number of nitrogens with zero attached hydrogens (tertiary/aromatic N) is 1. The zero-order valence-corrected chi connectivity index (χ0v) is 15.2. The Morgan fingerprint density at radius 3 is 2.38 bits per heavy atom. The van der Waals surface area contributed by atoms with E-state index in [-0.39, 0.29) is 5.91 Å². The first kappa shape index (κ1) is 18.0. The van der Waals surface area contributed by atoms with Crippen molar-refractivity contribution >= 4 is 16.7 Å². The second-order valence-electron chi connectivity index (χ2n) is 6.48. The van der Waals surface area contributed by atoms with Crippen molar-refractivity contribution in [1.82, 2.24) is 10.2 Å². The molecule has 0 aliphatic heterocycles. The van der Waals surface area contributed by atoms with E-state index in [1.54, 1.807) is 7.11 Å². The lowest BCUT2D eigenvalue weighted by Crippen LogP contribution is -2.34. The van der Waals surface area contributed by atoms with Crippen molar-refractivity contribution in [1.29, 1.82) is 0 Å². The van der Waals surface area contributed by atoms with Gasteiger partial charge in [0.2, 0.25) is 5.91 Å². The summed E-state index contributed by atoms with van der Waals surface area (Å²) in [5.74, 6) is 0.833. The van der Waals surface area contributed by atoms with Crippen LogP contribution < -0.4 is 10.1 Å². The van der Waals surface area contributed by atoms with Crippen LogP contribution in [0.15, 0.2) is 66.7 Å². The Morgan fingerprint density at radius 2 is 1.65 bits per heavy atom. The van der Waals surface area contributed by atoms with Gasteiger partial charge in [0.05, 0.1) is 13.7 Å². The van der Waals surface area contributed by atoms with E-state index in [2.05, 4.69) is 35.6 Å². The second kappa shape index (κ2) is 8.50. The number of methoxy groups -OCH3 is 1. The Balaban J connectivity index is 1.49. The molecule has 4 nitrogen and oxygen atoms in total. The van der Waals surface area contributed by atoms with Gasteiger partial charge in [-0.1, -0.05) is 48.5 Å². The minimum absolute atomic E-state index is 0.0177. The molecule has 0 saturated carbocycles. The summed E-state index contributed by atoms with van der Waals surface area (Å²) >= 11 is 0. The molecule has 0 aliphatic carbocycles. The summed E-state index contributed by atoms with van der Waals surface area (Å²) in [5.41, 5.74) is 2.26. The molecule has 3 rings (SSSR count). The van der Waals surface area contributed by atoms with Crippen LogP contribution in [0.2, 0.25) is 0 Å². The average molecular weight is 348 g/mol. The van der Waals surface area contributed by atoms with Crippen LogP contribution in [0, 0.1) is 0 Å². The molecule has 0 spiro atoms. The molecule has 3 aromatic rings. The fourth-order valence-corrected chi connectivity index (χ4v) is 2.95. The first-order valence-electron chi connectivity index (χ1n) is 8.70. The molecule has 0 aromatic heterocycles. The van der Waals surface area contributed by atoms with Crippen LogP contribution in [0.1, 0.15) is 11.1 Å². The van der Waals surface area contributed by atoms with E-state index in [0.717, 1.165) is 17.9 Å². The highest BCUT2D eigenvalue weighted by Crippen LogP contribution is 2.16. The maximum atomic E-state index is 12.2. The predicted octanol–water partition coefficient (Wildman–Crippen LogP) is 3.60. The lowest BCUT2D eigenvalue weighted by atomic mass is 10.1. The molecule has 0 fully saturated rings. The maximum absolute atomic E-state index is 12.2. The number of nitrogens with one attached hydrogen (secondary N) is 1. The zero-order valence-electron chi connectivity index (χ0n) is 15.2. The smallest absolute Gasteiger partial charge is 0.234 e. The molecule has 0 unspecified atom stereocenters. The van der Waals surface area contributed by atoms with Crippen LogP contribution in [0.25, 0.3) is 10.8 Å². The van der Waals surface area contributed by atoms with Crippen molar-refractivity contribution in [2.45, 2.75) is 13.1 Å². The summed E-state index contributed by atoms with van der Waals surface area (Å²) in [4.78, 5) is 14.2. The van der Waals surface area contributed by atoms with E-state index in [4.69, 9.17) is 4.74 Å². The number of benzene rings is 3. The fraction of sp³-hybridized carbons (Fsp3) is 0.227. The quantitative estimate of drug-likeness (QED) is 0.709. The Bertz CT molecular complexity index is 875. The highest BCUT2D eigenvalue weighted by Gasteiger charge is 2.07. The van der Waals surface area contributed by atoms with Crippen LogP contribution in [0.5, 0.6) is 5.75 Å². The van der Waals surface area contributed by atoms with Crippen LogP contribution in [-0.2, 0) is 17.9 Å². The van der Waals surface area contributed by atoms with Gasteiger partial charge in [-0.2, -0.15) is 0 Å². The van der Waals surface area contributed by atoms with Gasteiger partial charge in [-0.3, -0.25) is 9.69 Å². The Kier molecular flexibility index (Phi) is 5.87. The SMILES string of the molecule is COc1ccc(CNC(=O)CN(C)Cc2ccc3ccccc3c2)cc1. The Labute approximate surface area is 154 Å². The van der Waals surface area contributed by atoms with Crippen molar-refractivity contribution in [3.05, 3.63) is 77.9 Å². The molecule has 0 bridgehead atoms. The second-order valence-corrected chi connectivity index (χ2v) is 6.48. The molecule has 4 heteroatoms. The molecule has 0 saturated heterocycles. The van der Waals surface area contributed by atoms with Crippen molar-refractivity contribution in [2.75, 3.05) is 20.7 Å². The molecular weight excluding hydrogens is 324 g/mol. The molecule has 0 aliphatic rings. The molecule has 0 radical (unpaired) electrons. The van der Waals surface area contributed by atoms with E-state index in [9.17, 15) is 4.79 Å². The van der Waals surface area contributed by atoms with Crippen LogP contribution in [0.3, 0.4) is 0 Å². The summed E-state index contributed by atoms with van der Waals surface area (Å²) in [6, 6.07) is 22.4. The lowest BCUT2D eigenvalue weighted by Gasteiger charge is -2.17. The monoisotopic (exact) mass is 348 g/mol. The van der Waals surface area contributed by atoms with Gasteiger partial charge in [0.15, 0.2) is 0 Å². The molecular formula is C22H24N2O2. The van der Waals surface area contributed by atoms with E-state index in [0.29, 0.717) is 13.1 Å². The molecule has 1 amide bonds. The highest BCUT2D eigenvalue weighted by molar-refractivity contribution is 5.83. The first-order chi connectivity index (χ1) is 12.6. The molecule has 134 valence electrons. The van der Waals surface area contributed by atoms with Gasteiger partial charge in [0.1, 0.15) is 5.75 Å². The highest BCUT2D eigenvalue weighted by atomic mass is 16.5. The topological polar surface area (TPSA) is 41.6 Å². The molecule has 26 heavy (non-hydrogen) atoms. The lowest BCUT2D eigenvalue weighted by molar-refractivity contribution is -0.122. The number of amides is 1. The summed E-state index contributed by atoms with van der Waals surface area (Å²) in [7, 11) is 3.60. The minimum atomic E-state index is 0.0177. The van der Waals surface area contributed by atoms with Gasteiger partial charge >= 0.3 is 0 Å². The van der Waals surface area contributed by atoms with Crippen LogP contribution in [0.4, 0.5) is 0 Å². The number of carbonyl (C=O) groups excluding carboxylic acids is 1. The van der Waals surface area contributed by atoms with Crippen molar-refractivity contribution in [2.24, 2.45) is 0 Å². The van der Waals surface area contributed by atoms with E-state index < -0.39 is 0 Å². The zero-order chi connectivity index (χ0) is 18.4. The summed E-state index contributed by atoms with van der Waals surface area (Å²) in [5, 5.41) is 5.42. The minimum Gasteiger partial charge on any atom is -0.497 e. The van der Waals surface area contributed by atoms with E-state index in [1.165, 1.54) is 16.3 Å². The number of fused-ring (bicyclic) bond motifs is 1. The van der Waals surface area contributed by atoms with Crippen LogP contribution >= 0.6 is 0 Å². The Hall–Kier alpha value is -2.85. The van der Waals surface area contributed by atoms with Crippen molar-refractivity contribution in [3.8, 4) is 5.75 Å². The number of hydrogen-bond acceptors (Lipinski definition) is 3. The normalized spacial score (nSPS) is 10.9. The number of rotatable bonds is 7. The van der Waals surface area contributed by atoms with E-state index >= 15 is 0 Å². The molecule has 0 atom stereocenters. The van der Waals surface area contributed by atoms with Crippen LogP contribution in [-0.4, -0.2) is 31.5 Å². The molecule has 1 N–H and O–H groups in total. The number of likely N-dealkylation sites (N-methyl/N-ethyl adjacent to an activating group) is 1. The third kappa shape index (κ3) is 4.83. The number of hydrogen-bond donors (Lipinski definition) is 1. The van der Waals surface area contributed by atoms with Crippen molar-refractivity contribution in [3.63, 3.8) is 0 Å². The third-order valence-electron chi connectivity index (χ3n) is 4.33. The van der Waals surface area contributed by atoms with Gasteiger partial charge in [0, 0.05) is 13.1 Å². The molecule has 0 heterocycles. The largest absolute Gasteiger partial charge is 0.497 e. The maximum Gasteiger partial charge on any atom is 0.234 e. The molecule has 3 aromatic carbocycles. The number of ether oxygens (including phenoxy) is 1. The summed E-state index contributed by atoms with van der Waals surface area (Å²) in [6.07, 6.45) is 0. The van der Waals surface area contributed by atoms with Crippen molar-refractivity contribution < 1.29 is 9.53 Å². The van der Waals surface area contributed by atoms with Gasteiger partial charge < -0.3 is 10.1 Å². The first-order valence-corrected chi connectivity index (χ1v) is 8.70. The Morgan fingerprint density at radius 1 is 0.962 bits per heavy atom. The standard InChI is InChI=1S/C22H24N2O2/c1-24(15-18-7-10-19-5-3-4-6-20(19)13-18)16-22(25)23-14-17-8-11-21(26-2)12-9-17/h3-13H,14-16H2,1-2H3,(H,23,25). The summed E-state index contributed by atoms with van der Waals surface area (Å²) < 4.78 is 5.14. The summed E-state index contributed by atoms with van der Waals surface area (Å²) in [6.45, 7) is 1.62. The average Bonchev–Trinajstić information content (AvgIpc) is 2.66. The fourth-order valence-electron chi connectivity index (χ4n) is 2.95.